The zero-order chi connectivity index (χ0) is 10.4. The Morgan fingerprint density at radius 3 is 2.21 bits per heavy atom. The van der Waals surface area contributed by atoms with Crippen LogP contribution in [0.5, 0.6) is 0 Å². The molecule has 1 atom stereocenters. The van der Waals surface area contributed by atoms with E-state index in [-0.39, 0.29) is 0 Å². The standard InChI is InChI=1S/C12H26N2/c1-4-6-12(5-2)11-14-9-7-13(3)8-10-14/h12H,4-11H2,1-3H3. The van der Waals surface area contributed by atoms with Crippen molar-refractivity contribution in [2.75, 3.05) is 39.8 Å². The van der Waals surface area contributed by atoms with E-state index in [2.05, 4.69) is 30.7 Å². The van der Waals surface area contributed by atoms with E-state index in [0.717, 1.165) is 5.92 Å². The molecule has 0 radical (unpaired) electrons. The van der Waals surface area contributed by atoms with Crippen molar-refractivity contribution in [3.05, 3.63) is 0 Å². The molecule has 2 nitrogen and oxygen atoms in total. The molecule has 0 aromatic heterocycles. The predicted molar refractivity (Wildman–Crippen MR) is 62.6 cm³/mol. The van der Waals surface area contributed by atoms with Gasteiger partial charge in [-0.1, -0.05) is 26.7 Å². The quantitative estimate of drug-likeness (QED) is 0.667. The number of piperazine rings is 1. The van der Waals surface area contributed by atoms with Crippen molar-refractivity contribution >= 4 is 0 Å². The first-order chi connectivity index (χ1) is 6.76. The van der Waals surface area contributed by atoms with Gasteiger partial charge in [0.05, 0.1) is 0 Å². The Labute approximate surface area is 89.3 Å². The topological polar surface area (TPSA) is 6.48 Å². The predicted octanol–water partition coefficient (Wildman–Crippen LogP) is 2.06. The Morgan fingerprint density at radius 1 is 1.07 bits per heavy atom. The van der Waals surface area contributed by atoms with Gasteiger partial charge in [0, 0.05) is 32.7 Å². The van der Waals surface area contributed by atoms with E-state index in [0.29, 0.717) is 0 Å². The van der Waals surface area contributed by atoms with Crippen molar-refractivity contribution in [3.8, 4) is 0 Å². The molecular weight excluding hydrogens is 172 g/mol. The zero-order valence-corrected chi connectivity index (χ0v) is 10.1. The summed E-state index contributed by atoms with van der Waals surface area (Å²) in [6.07, 6.45) is 4.09. The highest BCUT2D eigenvalue weighted by molar-refractivity contribution is 4.72. The van der Waals surface area contributed by atoms with Crippen LogP contribution in [-0.2, 0) is 0 Å². The molecule has 0 bridgehead atoms. The Bertz CT molecular complexity index is 139. The number of nitrogens with zero attached hydrogens (tertiary/aromatic N) is 2. The second kappa shape index (κ2) is 6.41. The van der Waals surface area contributed by atoms with Crippen LogP contribution in [0.25, 0.3) is 0 Å². The SMILES string of the molecule is CCCC(CC)CN1CCN(C)CC1. The van der Waals surface area contributed by atoms with Gasteiger partial charge in [-0.25, -0.2) is 0 Å². The monoisotopic (exact) mass is 198 g/mol. The van der Waals surface area contributed by atoms with Gasteiger partial charge in [0.1, 0.15) is 0 Å². The summed E-state index contributed by atoms with van der Waals surface area (Å²) >= 11 is 0. The van der Waals surface area contributed by atoms with E-state index in [1.807, 2.05) is 0 Å². The molecule has 1 aliphatic heterocycles. The molecule has 1 saturated heterocycles. The van der Waals surface area contributed by atoms with Gasteiger partial charge >= 0.3 is 0 Å². The van der Waals surface area contributed by atoms with Crippen LogP contribution in [-0.4, -0.2) is 49.6 Å². The lowest BCUT2D eigenvalue weighted by Crippen LogP contribution is -2.46. The van der Waals surface area contributed by atoms with Gasteiger partial charge in [0.2, 0.25) is 0 Å². The summed E-state index contributed by atoms with van der Waals surface area (Å²) in [4.78, 5) is 5.07. The molecule has 0 saturated carbocycles. The van der Waals surface area contributed by atoms with Crippen LogP contribution in [0.15, 0.2) is 0 Å². The highest BCUT2D eigenvalue weighted by atomic mass is 15.2. The van der Waals surface area contributed by atoms with Gasteiger partial charge in [-0.05, 0) is 19.4 Å². The first kappa shape index (κ1) is 12.0. The number of likely N-dealkylation sites (N-methyl/N-ethyl adjacent to an activating group) is 1. The minimum atomic E-state index is 0.934. The molecule has 2 heteroatoms. The first-order valence-electron chi connectivity index (χ1n) is 6.17. The molecule has 0 N–H and O–H groups in total. The molecule has 0 amide bonds. The zero-order valence-electron chi connectivity index (χ0n) is 10.1. The summed E-state index contributed by atoms with van der Waals surface area (Å²) in [6, 6.07) is 0. The Morgan fingerprint density at radius 2 is 1.71 bits per heavy atom. The van der Waals surface area contributed by atoms with Crippen LogP contribution < -0.4 is 0 Å². The van der Waals surface area contributed by atoms with Crippen molar-refractivity contribution in [3.63, 3.8) is 0 Å². The molecule has 1 unspecified atom stereocenters. The lowest BCUT2D eigenvalue weighted by Gasteiger charge is -2.34. The van der Waals surface area contributed by atoms with Gasteiger partial charge in [0.25, 0.3) is 0 Å². The van der Waals surface area contributed by atoms with Gasteiger partial charge in [0.15, 0.2) is 0 Å². The molecule has 0 aliphatic carbocycles. The van der Waals surface area contributed by atoms with Crippen molar-refractivity contribution in [2.24, 2.45) is 5.92 Å². The summed E-state index contributed by atoms with van der Waals surface area (Å²) in [5.74, 6) is 0.934. The molecule has 14 heavy (non-hydrogen) atoms. The minimum absolute atomic E-state index is 0.934. The Balaban J connectivity index is 2.21. The fraction of sp³-hybridized carbons (Fsp3) is 1.00. The average molecular weight is 198 g/mol. The van der Waals surface area contributed by atoms with Crippen molar-refractivity contribution in [2.45, 2.75) is 33.1 Å². The molecule has 0 aromatic carbocycles. The largest absolute Gasteiger partial charge is 0.304 e. The highest BCUT2D eigenvalue weighted by Gasteiger charge is 2.16. The highest BCUT2D eigenvalue weighted by Crippen LogP contribution is 2.13. The molecule has 0 aromatic rings. The summed E-state index contributed by atoms with van der Waals surface area (Å²) in [5, 5.41) is 0. The third-order valence-electron chi connectivity index (χ3n) is 3.39. The second-order valence-corrected chi connectivity index (χ2v) is 4.67. The third-order valence-corrected chi connectivity index (χ3v) is 3.39. The number of hydrogen-bond acceptors (Lipinski definition) is 2. The Kier molecular flexibility index (Phi) is 5.49. The van der Waals surface area contributed by atoms with Gasteiger partial charge in [-0.2, -0.15) is 0 Å². The Hall–Kier alpha value is -0.0800. The third kappa shape index (κ3) is 3.97. The van der Waals surface area contributed by atoms with E-state index in [1.54, 1.807) is 0 Å². The van der Waals surface area contributed by atoms with Gasteiger partial charge in [-0.15, -0.1) is 0 Å². The number of hydrogen-bond donors (Lipinski definition) is 0. The lowest BCUT2D eigenvalue weighted by molar-refractivity contribution is 0.132. The van der Waals surface area contributed by atoms with Crippen molar-refractivity contribution in [1.29, 1.82) is 0 Å². The van der Waals surface area contributed by atoms with Crippen molar-refractivity contribution in [1.82, 2.24) is 9.80 Å². The summed E-state index contributed by atoms with van der Waals surface area (Å²) in [6.45, 7) is 11.0. The maximum atomic E-state index is 2.64. The molecular formula is C12H26N2. The maximum Gasteiger partial charge on any atom is 0.0110 e. The molecule has 1 heterocycles. The summed E-state index contributed by atoms with van der Waals surface area (Å²) < 4.78 is 0. The summed E-state index contributed by atoms with van der Waals surface area (Å²) in [7, 11) is 2.22. The second-order valence-electron chi connectivity index (χ2n) is 4.67. The minimum Gasteiger partial charge on any atom is -0.304 e. The molecule has 0 spiro atoms. The molecule has 1 fully saturated rings. The van der Waals surface area contributed by atoms with Gasteiger partial charge in [-0.3, -0.25) is 0 Å². The molecule has 84 valence electrons. The van der Waals surface area contributed by atoms with Crippen LogP contribution in [0.1, 0.15) is 33.1 Å². The van der Waals surface area contributed by atoms with E-state index in [9.17, 15) is 0 Å². The van der Waals surface area contributed by atoms with Crippen LogP contribution in [0, 0.1) is 5.92 Å². The van der Waals surface area contributed by atoms with Crippen LogP contribution >= 0.6 is 0 Å². The van der Waals surface area contributed by atoms with E-state index in [4.69, 9.17) is 0 Å². The van der Waals surface area contributed by atoms with Crippen LogP contribution in [0.4, 0.5) is 0 Å². The normalized spacial score (nSPS) is 22.5. The van der Waals surface area contributed by atoms with Crippen LogP contribution in [0.3, 0.4) is 0 Å². The summed E-state index contributed by atoms with van der Waals surface area (Å²) in [5.41, 5.74) is 0. The first-order valence-corrected chi connectivity index (χ1v) is 6.17. The van der Waals surface area contributed by atoms with Crippen LogP contribution in [0.2, 0.25) is 0 Å². The maximum absolute atomic E-state index is 2.64. The number of rotatable bonds is 5. The lowest BCUT2D eigenvalue weighted by atomic mass is 10.00. The fourth-order valence-corrected chi connectivity index (χ4v) is 2.23. The smallest absolute Gasteiger partial charge is 0.0110 e. The fourth-order valence-electron chi connectivity index (χ4n) is 2.23. The van der Waals surface area contributed by atoms with Crippen molar-refractivity contribution < 1.29 is 0 Å². The molecule has 1 rings (SSSR count). The van der Waals surface area contributed by atoms with E-state index < -0.39 is 0 Å². The van der Waals surface area contributed by atoms with E-state index >= 15 is 0 Å². The van der Waals surface area contributed by atoms with Gasteiger partial charge < -0.3 is 9.80 Å². The van der Waals surface area contributed by atoms with E-state index in [1.165, 1.54) is 52.0 Å². The molecule has 1 aliphatic rings. The average Bonchev–Trinajstić information content (AvgIpc) is 2.20.